The molecule has 1 aromatic rings. The molecule has 3 nitrogen and oxygen atoms in total. The van der Waals surface area contributed by atoms with E-state index in [9.17, 15) is 0 Å². The summed E-state index contributed by atoms with van der Waals surface area (Å²) in [4.78, 5) is 9.32. The van der Waals surface area contributed by atoms with E-state index in [0.717, 1.165) is 16.0 Å². The van der Waals surface area contributed by atoms with E-state index < -0.39 is 0 Å². The number of nitrogen functional groups attached to an aromatic ring is 1. The molecule has 106 valence electrons. The lowest BCUT2D eigenvalue weighted by Crippen LogP contribution is -2.12. The Balaban J connectivity index is 2.27. The summed E-state index contributed by atoms with van der Waals surface area (Å²) in [5.74, 6) is 2.42. The van der Waals surface area contributed by atoms with Gasteiger partial charge in [-0.3, -0.25) is 0 Å². The molecule has 0 atom stereocenters. The van der Waals surface area contributed by atoms with E-state index in [-0.39, 0.29) is 0 Å². The van der Waals surface area contributed by atoms with Gasteiger partial charge >= 0.3 is 0 Å². The lowest BCUT2D eigenvalue weighted by atomic mass is 9.90. The Bertz CT molecular complexity index is 424. The van der Waals surface area contributed by atoms with Crippen molar-refractivity contribution in [3.05, 3.63) is 16.0 Å². The first kappa shape index (κ1) is 14.8. The maximum absolute atomic E-state index is 6.04. The van der Waals surface area contributed by atoms with Crippen molar-refractivity contribution in [3.8, 4) is 0 Å². The summed E-state index contributed by atoms with van der Waals surface area (Å²) in [6.07, 6.45) is 9.08. The van der Waals surface area contributed by atoms with Crippen LogP contribution in [0.5, 0.6) is 0 Å². The second kappa shape index (κ2) is 6.69. The largest absolute Gasteiger partial charge is 0.383 e. The minimum atomic E-state index is 0.368. The Morgan fingerprint density at radius 2 is 1.63 bits per heavy atom. The molecule has 1 aromatic heterocycles. The number of hydrogen-bond donors (Lipinski definition) is 1. The number of nitrogens with zero attached hydrogens (tertiary/aromatic N) is 2. The Kier molecular flexibility index (Phi) is 5.20. The van der Waals surface area contributed by atoms with Gasteiger partial charge < -0.3 is 5.73 Å². The van der Waals surface area contributed by atoms with Crippen LogP contribution in [-0.4, -0.2) is 9.97 Å². The summed E-state index contributed by atoms with van der Waals surface area (Å²) in [6.45, 7) is 4.29. The summed E-state index contributed by atoms with van der Waals surface area (Å²) in [7, 11) is 0. The van der Waals surface area contributed by atoms with Gasteiger partial charge in [-0.15, -0.1) is 0 Å². The van der Waals surface area contributed by atoms with Gasteiger partial charge in [-0.25, -0.2) is 9.97 Å². The van der Waals surface area contributed by atoms with Crippen LogP contribution in [0.3, 0.4) is 0 Å². The van der Waals surface area contributed by atoms with Gasteiger partial charge in [0.1, 0.15) is 11.6 Å². The van der Waals surface area contributed by atoms with Gasteiger partial charge in [0.05, 0.1) is 10.2 Å². The SMILES string of the molecule is CC(C)c1nc(C2CCCCCCC2)nc(N)c1Br. The molecule has 4 heteroatoms. The predicted octanol–water partition coefficient (Wildman–Crippen LogP) is 4.77. The van der Waals surface area contributed by atoms with Crippen LogP contribution < -0.4 is 5.73 Å². The molecule has 2 rings (SSSR count). The fourth-order valence-electron chi connectivity index (χ4n) is 2.78. The first-order valence-corrected chi connectivity index (χ1v) is 8.21. The molecule has 0 spiro atoms. The van der Waals surface area contributed by atoms with Gasteiger partial charge in [-0.1, -0.05) is 46.0 Å². The normalized spacial score (nSPS) is 18.3. The average Bonchev–Trinajstić information content (AvgIpc) is 2.32. The summed E-state index contributed by atoms with van der Waals surface area (Å²) < 4.78 is 0.872. The zero-order valence-electron chi connectivity index (χ0n) is 12.0. The first-order valence-electron chi connectivity index (χ1n) is 7.42. The van der Waals surface area contributed by atoms with Crippen molar-refractivity contribution >= 4 is 21.7 Å². The van der Waals surface area contributed by atoms with Crippen LogP contribution in [0, 0.1) is 0 Å². The fourth-order valence-corrected chi connectivity index (χ4v) is 3.42. The molecule has 1 saturated carbocycles. The van der Waals surface area contributed by atoms with Gasteiger partial charge in [0.2, 0.25) is 0 Å². The maximum Gasteiger partial charge on any atom is 0.141 e. The van der Waals surface area contributed by atoms with Gasteiger partial charge in [-0.05, 0) is 34.7 Å². The topological polar surface area (TPSA) is 51.8 Å². The van der Waals surface area contributed by atoms with Gasteiger partial charge in [0.25, 0.3) is 0 Å². The minimum absolute atomic E-state index is 0.368. The number of aromatic nitrogens is 2. The van der Waals surface area contributed by atoms with Crippen molar-refractivity contribution in [1.82, 2.24) is 9.97 Å². The summed E-state index contributed by atoms with van der Waals surface area (Å²) in [5.41, 5.74) is 7.08. The molecule has 0 saturated heterocycles. The van der Waals surface area contributed by atoms with Crippen LogP contribution in [0.1, 0.15) is 82.1 Å². The zero-order valence-corrected chi connectivity index (χ0v) is 13.5. The first-order chi connectivity index (χ1) is 9.09. The van der Waals surface area contributed by atoms with Gasteiger partial charge in [0, 0.05) is 5.92 Å². The Hall–Kier alpha value is -0.640. The standard InChI is InChI=1S/C15H24BrN3/c1-10(2)13-12(16)14(17)19-15(18-13)11-8-6-4-3-5-7-9-11/h10-11H,3-9H2,1-2H3,(H2,17,18,19). The molecule has 19 heavy (non-hydrogen) atoms. The molecule has 1 aliphatic rings. The smallest absolute Gasteiger partial charge is 0.141 e. The Morgan fingerprint density at radius 3 is 2.21 bits per heavy atom. The summed E-state index contributed by atoms with van der Waals surface area (Å²) in [6, 6.07) is 0. The molecule has 1 aliphatic carbocycles. The molecule has 0 amide bonds. The van der Waals surface area contributed by atoms with Crippen LogP contribution in [0.2, 0.25) is 0 Å². The van der Waals surface area contributed by atoms with Crippen molar-refractivity contribution in [2.24, 2.45) is 0 Å². The van der Waals surface area contributed by atoms with Crippen molar-refractivity contribution < 1.29 is 0 Å². The van der Waals surface area contributed by atoms with Gasteiger partial charge in [-0.2, -0.15) is 0 Å². The van der Waals surface area contributed by atoms with Crippen molar-refractivity contribution in [3.63, 3.8) is 0 Å². The highest BCUT2D eigenvalue weighted by atomic mass is 79.9. The molecule has 1 heterocycles. The highest BCUT2D eigenvalue weighted by Crippen LogP contribution is 2.33. The van der Waals surface area contributed by atoms with E-state index in [1.807, 2.05) is 0 Å². The molecule has 0 bridgehead atoms. The number of halogens is 1. The van der Waals surface area contributed by atoms with E-state index >= 15 is 0 Å². The van der Waals surface area contributed by atoms with Crippen molar-refractivity contribution in [1.29, 1.82) is 0 Å². The lowest BCUT2D eigenvalue weighted by Gasteiger charge is -2.20. The second-order valence-electron chi connectivity index (χ2n) is 5.86. The number of anilines is 1. The monoisotopic (exact) mass is 325 g/mol. The van der Waals surface area contributed by atoms with E-state index in [2.05, 4.69) is 34.8 Å². The minimum Gasteiger partial charge on any atom is -0.383 e. The van der Waals surface area contributed by atoms with Crippen molar-refractivity contribution in [2.45, 2.75) is 70.6 Å². The van der Waals surface area contributed by atoms with E-state index in [0.29, 0.717) is 17.7 Å². The van der Waals surface area contributed by atoms with Crippen LogP contribution in [-0.2, 0) is 0 Å². The van der Waals surface area contributed by atoms with E-state index in [1.54, 1.807) is 0 Å². The summed E-state index contributed by atoms with van der Waals surface area (Å²) >= 11 is 3.52. The lowest BCUT2D eigenvalue weighted by molar-refractivity contribution is 0.441. The Labute approximate surface area is 124 Å². The van der Waals surface area contributed by atoms with Crippen LogP contribution >= 0.6 is 15.9 Å². The fraction of sp³-hybridized carbons (Fsp3) is 0.733. The highest BCUT2D eigenvalue weighted by molar-refractivity contribution is 9.10. The van der Waals surface area contributed by atoms with Gasteiger partial charge in [0.15, 0.2) is 0 Å². The zero-order chi connectivity index (χ0) is 13.8. The molecular weight excluding hydrogens is 302 g/mol. The number of hydrogen-bond acceptors (Lipinski definition) is 3. The highest BCUT2D eigenvalue weighted by Gasteiger charge is 2.20. The van der Waals surface area contributed by atoms with Crippen LogP contribution in [0.25, 0.3) is 0 Å². The van der Waals surface area contributed by atoms with Crippen LogP contribution in [0.4, 0.5) is 5.82 Å². The maximum atomic E-state index is 6.04. The van der Waals surface area contributed by atoms with E-state index in [1.165, 1.54) is 44.9 Å². The molecule has 1 fully saturated rings. The quantitative estimate of drug-likeness (QED) is 0.851. The van der Waals surface area contributed by atoms with E-state index in [4.69, 9.17) is 10.7 Å². The molecule has 0 unspecified atom stereocenters. The third-order valence-electron chi connectivity index (χ3n) is 3.94. The average molecular weight is 326 g/mol. The molecular formula is C15H24BrN3. The van der Waals surface area contributed by atoms with Crippen molar-refractivity contribution in [2.75, 3.05) is 5.73 Å². The molecule has 0 aromatic carbocycles. The molecule has 2 N–H and O–H groups in total. The third kappa shape index (κ3) is 3.68. The second-order valence-corrected chi connectivity index (χ2v) is 6.66. The molecule has 0 aliphatic heterocycles. The number of nitrogens with two attached hydrogens (primary N) is 1. The summed E-state index contributed by atoms with van der Waals surface area (Å²) in [5, 5.41) is 0. The third-order valence-corrected chi connectivity index (χ3v) is 4.75. The Morgan fingerprint density at radius 1 is 1.05 bits per heavy atom. The van der Waals surface area contributed by atoms with Crippen LogP contribution in [0.15, 0.2) is 4.47 Å². The number of rotatable bonds is 2. The predicted molar refractivity (Wildman–Crippen MR) is 83.3 cm³/mol. The molecule has 0 radical (unpaired) electrons.